The van der Waals surface area contributed by atoms with E-state index in [1.165, 1.54) is 11.3 Å². The topological polar surface area (TPSA) is 60.2 Å². The number of hydrogen-bond donors (Lipinski definition) is 1. The number of benzene rings is 2. The molecule has 0 amide bonds. The summed E-state index contributed by atoms with van der Waals surface area (Å²) in [6.07, 6.45) is 1.77. The number of nitrogens with one attached hydrogen (secondary N) is 1. The van der Waals surface area contributed by atoms with Crippen molar-refractivity contribution in [2.45, 2.75) is 6.54 Å². The second kappa shape index (κ2) is 6.74. The first kappa shape index (κ1) is 15.9. The maximum Gasteiger partial charge on any atom is 0.227 e. The summed E-state index contributed by atoms with van der Waals surface area (Å²) in [7, 11) is 1.64. The van der Waals surface area contributed by atoms with Crippen molar-refractivity contribution in [3.8, 4) is 17.2 Å². The largest absolute Gasteiger partial charge is 0.497 e. The van der Waals surface area contributed by atoms with Crippen molar-refractivity contribution in [1.82, 2.24) is 9.97 Å². The fourth-order valence-corrected chi connectivity index (χ4v) is 3.37. The molecule has 2 aromatic carbocycles. The maximum absolute atomic E-state index is 5.85. The molecule has 25 heavy (non-hydrogen) atoms. The zero-order chi connectivity index (χ0) is 17.2. The van der Waals surface area contributed by atoms with Crippen LogP contribution in [0.25, 0.3) is 22.6 Å². The van der Waals surface area contributed by atoms with Gasteiger partial charge in [-0.25, -0.2) is 9.97 Å². The van der Waals surface area contributed by atoms with Crippen LogP contribution in [0.3, 0.4) is 0 Å². The van der Waals surface area contributed by atoms with Crippen molar-refractivity contribution in [3.63, 3.8) is 0 Å². The highest BCUT2D eigenvalue weighted by Crippen LogP contribution is 2.28. The molecule has 7 heteroatoms. The van der Waals surface area contributed by atoms with Gasteiger partial charge in [0.05, 0.1) is 13.7 Å². The first-order chi connectivity index (χ1) is 12.2. The lowest BCUT2D eigenvalue weighted by Crippen LogP contribution is -1.96. The lowest BCUT2D eigenvalue weighted by Gasteiger charge is -2.03. The molecule has 1 N–H and O–H groups in total. The van der Waals surface area contributed by atoms with E-state index in [1.807, 2.05) is 42.5 Å². The SMILES string of the molecule is COc1ccc(-c2nc3cc(NCc4cnc(Cl)s4)ccc3o2)cc1. The zero-order valence-corrected chi connectivity index (χ0v) is 14.9. The van der Waals surface area contributed by atoms with Crippen LogP contribution in [0.2, 0.25) is 4.47 Å². The number of methoxy groups -OCH3 is 1. The molecule has 4 rings (SSSR count). The van der Waals surface area contributed by atoms with E-state index in [1.54, 1.807) is 13.3 Å². The Labute approximate surface area is 153 Å². The number of oxazole rings is 1. The Morgan fingerprint density at radius 3 is 2.76 bits per heavy atom. The molecule has 4 aromatic rings. The van der Waals surface area contributed by atoms with Crippen molar-refractivity contribution in [2.75, 3.05) is 12.4 Å². The summed E-state index contributed by atoms with van der Waals surface area (Å²) in [4.78, 5) is 9.69. The molecular weight excluding hydrogens is 358 g/mol. The first-order valence-corrected chi connectivity index (χ1v) is 8.80. The van der Waals surface area contributed by atoms with Crippen LogP contribution in [-0.4, -0.2) is 17.1 Å². The minimum absolute atomic E-state index is 0.549. The quantitative estimate of drug-likeness (QED) is 0.520. The standard InChI is InChI=1S/C18H14ClN3O2S/c1-23-13-5-2-11(3-6-13)17-22-15-8-12(4-7-16(15)24-17)20-9-14-10-21-18(19)25-14/h2-8,10,20H,9H2,1H3. The number of thiazole rings is 1. The molecule has 0 aliphatic rings. The third-order valence-corrected chi connectivity index (χ3v) is 4.83. The Hall–Kier alpha value is -2.57. The van der Waals surface area contributed by atoms with Crippen LogP contribution in [0.15, 0.2) is 53.1 Å². The molecule has 0 aliphatic heterocycles. The second-order valence-corrected chi connectivity index (χ2v) is 7.06. The molecule has 0 saturated carbocycles. The Kier molecular flexibility index (Phi) is 4.29. The van der Waals surface area contributed by atoms with Gasteiger partial charge in [-0.3, -0.25) is 0 Å². The number of anilines is 1. The number of rotatable bonds is 5. The number of fused-ring (bicyclic) bond motifs is 1. The molecule has 0 bridgehead atoms. The number of aromatic nitrogens is 2. The van der Waals surface area contributed by atoms with Crippen LogP contribution in [-0.2, 0) is 6.54 Å². The summed E-state index contributed by atoms with van der Waals surface area (Å²) < 4.78 is 11.6. The van der Waals surface area contributed by atoms with Gasteiger partial charge in [-0.2, -0.15) is 0 Å². The smallest absolute Gasteiger partial charge is 0.227 e. The minimum atomic E-state index is 0.549. The summed E-state index contributed by atoms with van der Waals surface area (Å²) in [5.41, 5.74) is 3.42. The van der Waals surface area contributed by atoms with Gasteiger partial charge in [0.2, 0.25) is 5.89 Å². The predicted octanol–water partition coefficient (Wildman–Crippen LogP) is 5.23. The average molecular weight is 372 g/mol. The van der Waals surface area contributed by atoms with E-state index in [4.69, 9.17) is 20.8 Å². The van der Waals surface area contributed by atoms with Crippen LogP contribution in [0.1, 0.15) is 4.88 Å². The Bertz CT molecular complexity index is 1010. The molecular formula is C18H14ClN3O2S. The number of hydrogen-bond acceptors (Lipinski definition) is 6. The molecule has 126 valence electrons. The van der Waals surface area contributed by atoms with E-state index >= 15 is 0 Å². The van der Waals surface area contributed by atoms with Gasteiger partial charge in [0, 0.05) is 22.3 Å². The van der Waals surface area contributed by atoms with Gasteiger partial charge in [-0.05, 0) is 42.5 Å². The van der Waals surface area contributed by atoms with Gasteiger partial charge in [0.15, 0.2) is 10.0 Å². The van der Waals surface area contributed by atoms with E-state index in [2.05, 4.69) is 15.3 Å². The van der Waals surface area contributed by atoms with Gasteiger partial charge in [0.25, 0.3) is 0 Å². The van der Waals surface area contributed by atoms with Crippen molar-refractivity contribution in [3.05, 3.63) is 58.0 Å². The van der Waals surface area contributed by atoms with E-state index in [9.17, 15) is 0 Å². The van der Waals surface area contributed by atoms with Crippen molar-refractivity contribution < 1.29 is 9.15 Å². The fraction of sp³-hybridized carbons (Fsp3) is 0.111. The Morgan fingerprint density at radius 2 is 2.04 bits per heavy atom. The maximum atomic E-state index is 5.85. The number of nitrogens with zero attached hydrogens (tertiary/aromatic N) is 2. The lowest BCUT2D eigenvalue weighted by atomic mass is 10.2. The summed E-state index contributed by atoms with van der Waals surface area (Å²) in [5.74, 6) is 1.39. The van der Waals surface area contributed by atoms with Gasteiger partial charge < -0.3 is 14.5 Å². The molecule has 0 fully saturated rings. The van der Waals surface area contributed by atoms with Crippen molar-refractivity contribution in [2.24, 2.45) is 0 Å². The highest BCUT2D eigenvalue weighted by atomic mass is 35.5. The molecule has 0 saturated heterocycles. The third-order valence-electron chi connectivity index (χ3n) is 3.72. The molecule has 5 nitrogen and oxygen atoms in total. The zero-order valence-electron chi connectivity index (χ0n) is 13.3. The van der Waals surface area contributed by atoms with E-state index in [0.29, 0.717) is 16.9 Å². The highest BCUT2D eigenvalue weighted by molar-refractivity contribution is 7.15. The molecule has 0 atom stereocenters. The van der Waals surface area contributed by atoms with Crippen LogP contribution < -0.4 is 10.1 Å². The van der Waals surface area contributed by atoms with Crippen molar-refractivity contribution in [1.29, 1.82) is 0 Å². The van der Waals surface area contributed by atoms with Crippen LogP contribution in [0.4, 0.5) is 5.69 Å². The number of ether oxygens (including phenoxy) is 1. The molecule has 0 radical (unpaired) electrons. The fourth-order valence-electron chi connectivity index (χ4n) is 2.45. The predicted molar refractivity (Wildman–Crippen MR) is 100 cm³/mol. The second-order valence-electron chi connectivity index (χ2n) is 5.36. The van der Waals surface area contributed by atoms with Crippen LogP contribution in [0.5, 0.6) is 5.75 Å². The third kappa shape index (κ3) is 3.45. The van der Waals surface area contributed by atoms with Crippen LogP contribution >= 0.6 is 22.9 Å². The summed E-state index contributed by atoms with van der Waals surface area (Å²) in [5, 5.41) is 3.34. The first-order valence-electron chi connectivity index (χ1n) is 7.60. The van der Waals surface area contributed by atoms with Gasteiger partial charge in [0.1, 0.15) is 11.3 Å². The van der Waals surface area contributed by atoms with Gasteiger partial charge >= 0.3 is 0 Å². The molecule has 0 aliphatic carbocycles. The Morgan fingerprint density at radius 1 is 1.20 bits per heavy atom. The van der Waals surface area contributed by atoms with Gasteiger partial charge in [-0.1, -0.05) is 11.6 Å². The Balaban J connectivity index is 1.56. The normalized spacial score (nSPS) is 11.0. The monoisotopic (exact) mass is 371 g/mol. The molecule has 2 heterocycles. The average Bonchev–Trinajstić information content (AvgIpc) is 3.25. The van der Waals surface area contributed by atoms with E-state index < -0.39 is 0 Å². The van der Waals surface area contributed by atoms with Crippen LogP contribution in [0, 0.1) is 0 Å². The summed E-state index contributed by atoms with van der Waals surface area (Å²) >= 11 is 7.31. The van der Waals surface area contributed by atoms with Gasteiger partial charge in [-0.15, -0.1) is 11.3 Å². The van der Waals surface area contributed by atoms with Crippen molar-refractivity contribution >= 4 is 39.7 Å². The molecule has 0 unspecified atom stereocenters. The minimum Gasteiger partial charge on any atom is -0.497 e. The lowest BCUT2D eigenvalue weighted by molar-refractivity contribution is 0.415. The van der Waals surface area contributed by atoms with E-state index in [-0.39, 0.29) is 0 Å². The summed E-state index contributed by atoms with van der Waals surface area (Å²) in [6, 6.07) is 13.5. The van der Waals surface area contributed by atoms with E-state index in [0.717, 1.165) is 33.0 Å². The number of halogens is 1. The highest BCUT2D eigenvalue weighted by Gasteiger charge is 2.09. The molecule has 0 spiro atoms. The summed E-state index contributed by atoms with van der Waals surface area (Å²) in [6.45, 7) is 0.666. The molecule has 2 aromatic heterocycles.